The monoisotopic (exact) mass is 330 g/mol. The Balaban J connectivity index is 1.52. The highest BCUT2D eigenvalue weighted by molar-refractivity contribution is 7.11. The number of thiazole rings is 1. The van der Waals surface area contributed by atoms with Crippen LogP contribution in [-0.4, -0.2) is 39.6 Å². The van der Waals surface area contributed by atoms with E-state index in [1.165, 1.54) is 17.0 Å². The minimum Gasteiger partial charge on any atom is -0.340 e. The van der Waals surface area contributed by atoms with Crippen molar-refractivity contribution in [3.05, 3.63) is 32.5 Å². The van der Waals surface area contributed by atoms with Crippen molar-refractivity contribution in [3.63, 3.8) is 0 Å². The van der Waals surface area contributed by atoms with Gasteiger partial charge in [0.05, 0.1) is 10.7 Å². The van der Waals surface area contributed by atoms with Crippen LogP contribution >= 0.6 is 11.3 Å². The van der Waals surface area contributed by atoms with Crippen LogP contribution in [-0.2, 0) is 19.3 Å². The van der Waals surface area contributed by atoms with Gasteiger partial charge in [-0.3, -0.25) is 9.89 Å². The Labute approximate surface area is 140 Å². The fourth-order valence-electron chi connectivity index (χ4n) is 3.90. The van der Waals surface area contributed by atoms with Gasteiger partial charge >= 0.3 is 0 Å². The van der Waals surface area contributed by atoms with Crippen molar-refractivity contribution >= 4 is 17.2 Å². The van der Waals surface area contributed by atoms with E-state index in [2.05, 4.69) is 17.1 Å². The molecule has 2 aliphatic carbocycles. The molecule has 0 saturated heterocycles. The summed E-state index contributed by atoms with van der Waals surface area (Å²) in [5.74, 6) is 0.410. The maximum absolute atomic E-state index is 12.8. The van der Waals surface area contributed by atoms with Crippen molar-refractivity contribution in [1.29, 1.82) is 0 Å². The van der Waals surface area contributed by atoms with Gasteiger partial charge in [0.25, 0.3) is 5.91 Å². The number of fused-ring (bicyclic) bond motifs is 2. The molecular weight excluding hydrogens is 308 g/mol. The molecule has 2 heterocycles. The Kier molecular flexibility index (Phi) is 3.71. The summed E-state index contributed by atoms with van der Waals surface area (Å²) in [4.78, 5) is 20.8. The smallest absolute Gasteiger partial charge is 0.274 e. The molecule has 1 N–H and O–H groups in total. The predicted octanol–water partition coefficient (Wildman–Crippen LogP) is 2.86. The summed E-state index contributed by atoms with van der Waals surface area (Å²) >= 11 is 1.81. The highest BCUT2D eigenvalue weighted by Gasteiger charge is 2.29. The zero-order chi connectivity index (χ0) is 16.0. The van der Waals surface area contributed by atoms with E-state index in [-0.39, 0.29) is 5.91 Å². The molecule has 0 radical (unpaired) electrons. The maximum Gasteiger partial charge on any atom is 0.274 e. The Bertz CT molecular complexity index is 748. The van der Waals surface area contributed by atoms with Crippen LogP contribution in [0, 0.1) is 6.92 Å². The molecule has 0 spiro atoms. The molecular formula is C17H22N4OS. The van der Waals surface area contributed by atoms with Crippen LogP contribution in [0.3, 0.4) is 0 Å². The number of rotatable bonds is 3. The standard InChI is InChI=1S/C17H22N4OS/c1-10-18-15-11(5-3-8-14(15)23-10)9-21(2)17(22)16-12-6-4-7-13(12)19-20-16/h11H,3-9H2,1-2H3,(H,19,20)/t11-/m1/s1. The van der Waals surface area contributed by atoms with Gasteiger partial charge in [-0.05, 0) is 45.4 Å². The first kappa shape index (κ1) is 14.9. The van der Waals surface area contributed by atoms with E-state index in [1.807, 2.05) is 23.3 Å². The summed E-state index contributed by atoms with van der Waals surface area (Å²) in [6, 6.07) is 0. The van der Waals surface area contributed by atoms with Crippen molar-refractivity contribution in [2.45, 2.75) is 51.4 Å². The molecule has 23 heavy (non-hydrogen) atoms. The highest BCUT2D eigenvalue weighted by atomic mass is 32.1. The predicted molar refractivity (Wildman–Crippen MR) is 90.1 cm³/mol. The molecule has 0 bridgehead atoms. The number of H-pyrrole nitrogens is 1. The van der Waals surface area contributed by atoms with Crippen LogP contribution in [0.2, 0.25) is 0 Å². The molecule has 2 aromatic rings. The maximum atomic E-state index is 12.8. The molecule has 5 nitrogen and oxygen atoms in total. The first-order valence-electron chi connectivity index (χ1n) is 8.41. The Morgan fingerprint density at radius 1 is 1.35 bits per heavy atom. The van der Waals surface area contributed by atoms with E-state index in [9.17, 15) is 4.79 Å². The molecule has 1 amide bonds. The molecule has 0 aliphatic heterocycles. The summed E-state index contributed by atoms with van der Waals surface area (Å²) in [7, 11) is 1.89. The first-order valence-corrected chi connectivity index (χ1v) is 9.23. The van der Waals surface area contributed by atoms with Gasteiger partial charge in [-0.15, -0.1) is 11.3 Å². The lowest BCUT2D eigenvalue weighted by Gasteiger charge is -2.26. The van der Waals surface area contributed by atoms with Gasteiger partial charge in [0, 0.05) is 35.6 Å². The normalized spacial score (nSPS) is 19.5. The lowest BCUT2D eigenvalue weighted by molar-refractivity contribution is 0.0776. The van der Waals surface area contributed by atoms with E-state index >= 15 is 0 Å². The third-order valence-electron chi connectivity index (χ3n) is 5.03. The second-order valence-corrected chi connectivity index (χ2v) is 7.99. The Morgan fingerprint density at radius 2 is 2.22 bits per heavy atom. The molecule has 0 aromatic carbocycles. The van der Waals surface area contributed by atoms with Gasteiger partial charge in [0.2, 0.25) is 0 Å². The second kappa shape index (κ2) is 5.74. The lowest BCUT2D eigenvalue weighted by Crippen LogP contribution is -2.33. The van der Waals surface area contributed by atoms with E-state index < -0.39 is 0 Å². The van der Waals surface area contributed by atoms with Gasteiger partial charge in [-0.25, -0.2) is 4.98 Å². The van der Waals surface area contributed by atoms with Gasteiger partial charge in [0.15, 0.2) is 5.69 Å². The number of nitrogens with one attached hydrogen (secondary N) is 1. The number of aryl methyl sites for hydroxylation is 3. The van der Waals surface area contributed by atoms with Crippen LogP contribution in [0.5, 0.6) is 0 Å². The van der Waals surface area contributed by atoms with Crippen LogP contribution in [0.25, 0.3) is 0 Å². The molecule has 0 fully saturated rings. The highest BCUT2D eigenvalue weighted by Crippen LogP contribution is 2.35. The van der Waals surface area contributed by atoms with Crippen LogP contribution < -0.4 is 0 Å². The lowest BCUT2D eigenvalue weighted by atomic mass is 9.90. The number of carbonyl (C=O) groups excluding carboxylic acids is 1. The number of hydrogen-bond donors (Lipinski definition) is 1. The summed E-state index contributed by atoms with van der Waals surface area (Å²) in [6.07, 6.45) is 6.56. The molecule has 0 saturated carbocycles. The second-order valence-electron chi connectivity index (χ2n) is 6.70. The van der Waals surface area contributed by atoms with Crippen LogP contribution in [0.1, 0.15) is 62.5 Å². The Hall–Kier alpha value is -1.69. The summed E-state index contributed by atoms with van der Waals surface area (Å²) in [5.41, 5.74) is 4.14. The first-order chi connectivity index (χ1) is 11.1. The fourth-order valence-corrected chi connectivity index (χ4v) is 4.96. The van der Waals surface area contributed by atoms with Crippen LogP contribution in [0.15, 0.2) is 0 Å². The van der Waals surface area contributed by atoms with Gasteiger partial charge < -0.3 is 4.90 Å². The zero-order valence-electron chi connectivity index (χ0n) is 13.7. The minimum absolute atomic E-state index is 0.0449. The summed E-state index contributed by atoms with van der Waals surface area (Å²) in [6.45, 7) is 2.80. The van der Waals surface area contributed by atoms with E-state index in [1.54, 1.807) is 0 Å². The van der Waals surface area contributed by atoms with Crippen molar-refractivity contribution in [1.82, 2.24) is 20.1 Å². The minimum atomic E-state index is 0.0449. The summed E-state index contributed by atoms with van der Waals surface area (Å²) in [5, 5.41) is 8.45. The zero-order valence-corrected chi connectivity index (χ0v) is 14.5. The van der Waals surface area contributed by atoms with Crippen molar-refractivity contribution in [2.24, 2.45) is 0 Å². The number of carbonyl (C=O) groups is 1. The van der Waals surface area contributed by atoms with Crippen molar-refractivity contribution in [2.75, 3.05) is 13.6 Å². The third kappa shape index (κ3) is 2.59. The Morgan fingerprint density at radius 3 is 3.09 bits per heavy atom. The average molecular weight is 330 g/mol. The molecule has 1 atom stereocenters. The van der Waals surface area contributed by atoms with E-state index in [4.69, 9.17) is 4.98 Å². The summed E-state index contributed by atoms with van der Waals surface area (Å²) < 4.78 is 0. The largest absolute Gasteiger partial charge is 0.340 e. The van der Waals surface area contributed by atoms with Gasteiger partial charge in [-0.1, -0.05) is 0 Å². The molecule has 122 valence electrons. The molecule has 4 rings (SSSR count). The van der Waals surface area contributed by atoms with Gasteiger partial charge in [-0.2, -0.15) is 5.10 Å². The molecule has 2 aliphatic rings. The van der Waals surface area contributed by atoms with Crippen LogP contribution in [0.4, 0.5) is 0 Å². The SMILES string of the molecule is Cc1nc2c(s1)CCC[C@@H]2CN(C)C(=O)c1n[nH]c2c1CCC2. The molecule has 2 aromatic heterocycles. The van der Waals surface area contributed by atoms with Crippen molar-refractivity contribution < 1.29 is 4.79 Å². The quantitative estimate of drug-likeness (QED) is 0.941. The van der Waals surface area contributed by atoms with E-state index in [0.717, 1.165) is 54.9 Å². The van der Waals surface area contributed by atoms with E-state index in [0.29, 0.717) is 11.6 Å². The van der Waals surface area contributed by atoms with Crippen molar-refractivity contribution in [3.8, 4) is 0 Å². The number of aromatic amines is 1. The molecule has 6 heteroatoms. The van der Waals surface area contributed by atoms with Gasteiger partial charge in [0.1, 0.15) is 0 Å². The number of aromatic nitrogens is 3. The topological polar surface area (TPSA) is 61.9 Å². The third-order valence-corrected chi connectivity index (χ3v) is 6.07. The number of nitrogens with zero attached hydrogens (tertiary/aromatic N) is 3. The average Bonchev–Trinajstić information content (AvgIpc) is 3.20. The molecule has 0 unspecified atom stereocenters. The number of likely N-dealkylation sites (N-methyl/N-ethyl adjacent to an activating group) is 1. The number of hydrogen-bond acceptors (Lipinski definition) is 4. The number of amides is 1. The fraction of sp³-hybridized carbons (Fsp3) is 0.588.